The summed E-state index contributed by atoms with van der Waals surface area (Å²) >= 11 is 0. The summed E-state index contributed by atoms with van der Waals surface area (Å²) < 4.78 is 7.93. The second-order valence-electron chi connectivity index (χ2n) is 4.98. The van der Waals surface area contributed by atoms with Gasteiger partial charge in [0.2, 0.25) is 0 Å². The highest BCUT2D eigenvalue weighted by atomic mass is 16.5. The molecule has 1 heterocycles. The fourth-order valence-corrected chi connectivity index (χ4v) is 2.73. The lowest BCUT2D eigenvalue weighted by Crippen LogP contribution is -2.07. The second kappa shape index (κ2) is 5.03. The average Bonchev–Trinajstić information content (AvgIpc) is 3.01. The van der Waals surface area contributed by atoms with Gasteiger partial charge in [-0.15, -0.1) is 10.2 Å². The van der Waals surface area contributed by atoms with Gasteiger partial charge in [-0.1, -0.05) is 6.07 Å². The van der Waals surface area contributed by atoms with Gasteiger partial charge in [0.05, 0.1) is 0 Å². The Hall–Kier alpha value is -1.84. The molecule has 19 heavy (non-hydrogen) atoms. The highest BCUT2D eigenvalue weighted by Gasteiger charge is 2.12. The average molecular weight is 257 g/mol. The van der Waals surface area contributed by atoms with E-state index in [9.17, 15) is 0 Å². The molecule has 0 unspecified atom stereocenters. The maximum atomic E-state index is 5.85. The third kappa shape index (κ3) is 2.35. The van der Waals surface area contributed by atoms with E-state index in [1.54, 1.807) is 0 Å². The van der Waals surface area contributed by atoms with Crippen LogP contribution in [0.1, 0.15) is 36.1 Å². The van der Waals surface area contributed by atoms with Crippen molar-refractivity contribution in [2.45, 2.75) is 46.3 Å². The van der Waals surface area contributed by atoms with Crippen molar-refractivity contribution in [3.05, 3.63) is 41.0 Å². The van der Waals surface area contributed by atoms with Crippen molar-refractivity contribution in [1.82, 2.24) is 14.8 Å². The molecule has 0 amide bonds. The number of fused-ring (bicyclic) bond motifs is 1. The third-order valence-corrected chi connectivity index (χ3v) is 3.77. The van der Waals surface area contributed by atoms with Crippen LogP contribution in [-0.4, -0.2) is 14.8 Å². The monoisotopic (exact) mass is 257 g/mol. The molecule has 0 bridgehead atoms. The van der Waals surface area contributed by atoms with Gasteiger partial charge in [-0.25, -0.2) is 0 Å². The van der Waals surface area contributed by atoms with E-state index in [2.05, 4.69) is 39.9 Å². The molecule has 2 aromatic rings. The number of hydrogen-bond acceptors (Lipinski definition) is 3. The number of rotatable bonds is 4. The predicted molar refractivity (Wildman–Crippen MR) is 73.2 cm³/mol. The quantitative estimate of drug-likeness (QED) is 0.845. The van der Waals surface area contributed by atoms with Gasteiger partial charge < -0.3 is 9.30 Å². The molecule has 1 aromatic heterocycles. The van der Waals surface area contributed by atoms with E-state index in [-0.39, 0.29) is 0 Å². The van der Waals surface area contributed by atoms with Crippen molar-refractivity contribution in [1.29, 1.82) is 0 Å². The number of ether oxygens (including phenoxy) is 1. The summed E-state index contributed by atoms with van der Waals surface area (Å²) in [7, 11) is 0. The summed E-state index contributed by atoms with van der Waals surface area (Å²) in [4.78, 5) is 0. The number of aryl methyl sites for hydroxylation is 3. The van der Waals surface area contributed by atoms with Gasteiger partial charge in [-0.3, -0.25) is 0 Å². The SMILES string of the molecule is CCn1c(C)nnc1COc1ccc2c(c1)CCC2. The fourth-order valence-electron chi connectivity index (χ4n) is 2.73. The molecule has 0 saturated heterocycles. The van der Waals surface area contributed by atoms with Gasteiger partial charge in [0.15, 0.2) is 5.82 Å². The number of nitrogens with zero attached hydrogens (tertiary/aromatic N) is 3. The highest BCUT2D eigenvalue weighted by molar-refractivity contribution is 5.38. The van der Waals surface area contributed by atoms with Crippen LogP contribution in [0.25, 0.3) is 0 Å². The van der Waals surface area contributed by atoms with Crippen LogP contribution < -0.4 is 4.74 Å². The molecule has 0 atom stereocenters. The Kier molecular flexibility index (Phi) is 3.23. The number of benzene rings is 1. The first-order valence-electron chi connectivity index (χ1n) is 6.91. The van der Waals surface area contributed by atoms with E-state index in [1.165, 1.54) is 30.4 Å². The summed E-state index contributed by atoms with van der Waals surface area (Å²) in [5, 5.41) is 8.25. The van der Waals surface area contributed by atoms with E-state index in [4.69, 9.17) is 4.74 Å². The van der Waals surface area contributed by atoms with Gasteiger partial charge in [-0.05, 0) is 56.4 Å². The summed E-state index contributed by atoms with van der Waals surface area (Å²) in [5.74, 6) is 2.76. The Balaban J connectivity index is 1.72. The molecule has 1 aliphatic carbocycles. The molecule has 0 aliphatic heterocycles. The van der Waals surface area contributed by atoms with Gasteiger partial charge in [0.1, 0.15) is 18.2 Å². The molecule has 0 N–H and O–H groups in total. The summed E-state index contributed by atoms with van der Waals surface area (Å²) in [6, 6.07) is 6.42. The van der Waals surface area contributed by atoms with Crippen LogP contribution in [-0.2, 0) is 26.0 Å². The lowest BCUT2D eigenvalue weighted by Gasteiger charge is -2.09. The molecule has 1 aromatic carbocycles. The first-order valence-corrected chi connectivity index (χ1v) is 6.91. The maximum absolute atomic E-state index is 5.85. The van der Waals surface area contributed by atoms with E-state index in [0.29, 0.717) is 6.61 Å². The Morgan fingerprint density at radius 3 is 2.89 bits per heavy atom. The standard InChI is InChI=1S/C15H19N3O/c1-3-18-11(2)16-17-15(18)10-19-14-8-7-12-5-4-6-13(12)9-14/h7-9H,3-6,10H2,1-2H3. The summed E-state index contributed by atoms with van der Waals surface area (Å²) in [5.41, 5.74) is 2.91. The lowest BCUT2D eigenvalue weighted by molar-refractivity contribution is 0.289. The number of hydrogen-bond donors (Lipinski definition) is 0. The van der Waals surface area contributed by atoms with Crippen molar-refractivity contribution in [3.8, 4) is 5.75 Å². The topological polar surface area (TPSA) is 39.9 Å². The van der Waals surface area contributed by atoms with Crippen molar-refractivity contribution < 1.29 is 4.74 Å². The minimum atomic E-state index is 0.480. The predicted octanol–water partition coefficient (Wildman–Crippen LogP) is 2.67. The Morgan fingerprint density at radius 1 is 1.21 bits per heavy atom. The Bertz CT molecular complexity index is 589. The van der Waals surface area contributed by atoms with E-state index in [0.717, 1.165) is 23.9 Å². The number of aromatic nitrogens is 3. The molecule has 0 radical (unpaired) electrons. The molecule has 0 fully saturated rings. The van der Waals surface area contributed by atoms with Crippen LogP contribution in [0, 0.1) is 6.92 Å². The first-order chi connectivity index (χ1) is 9.28. The molecule has 0 saturated carbocycles. The molecule has 0 spiro atoms. The van der Waals surface area contributed by atoms with Crippen molar-refractivity contribution in [2.75, 3.05) is 0 Å². The lowest BCUT2D eigenvalue weighted by atomic mass is 10.1. The Labute approximate surface area is 113 Å². The summed E-state index contributed by atoms with van der Waals surface area (Å²) in [6.45, 7) is 5.42. The van der Waals surface area contributed by atoms with Crippen LogP contribution in [0.15, 0.2) is 18.2 Å². The van der Waals surface area contributed by atoms with Crippen LogP contribution in [0.5, 0.6) is 5.75 Å². The van der Waals surface area contributed by atoms with Crippen LogP contribution in [0.4, 0.5) is 0 Å². The summed E-state index contributed by atoms with van der Waals surface area (Å²) in [6.07, 6.45) is 3.65. The van der Waals surface area contributed by atoms with Crippen LogP contribution in [0.2, 0.25) is 0 Å². The van der Waals surface area contributed by atoms with E-state index >= 15 is 0 Å². The van der Waals surface area contributed by atoms with Gasteiger partial charge >= 0.3 is 0 Å². The van der Waals surface area contributed by atoms with Crippen molar-refractivity contribution >= 4 is 0 Å². The Morgan fingerprint density at radius 2 is 2.05 bits per heavy atom. The smallest absolute Gasteiger partial charge is 0.171 e. The van der Waals surface area contributed by atoms with E-state index < -0.39 is 0 Å². The van der Waals surface area contributed by atoms with Crippen molar-refractivity contribution in [2.24, 2.45) is 0 Å². The highest BCUT2D eigenvalue weighted by Crippen LogP contribution is 2.26. The molecule has 4 heteroatoms. The normalized spacial score (nSPS) is 13.6. The molecular weight excluding hydrogens is 238 g/mol. The van der Waals surface area contributed by atoms with Crippen LogP contribution >= 0.6 is 0 Å². The minimum Gasteiger partial charge on any atom is -0.486 e. The second-order valence-corrected chi connectivity index (χ2v) is 4.98. The minimum absolute atomic E-state index is 0.480. The fraction of sp³-hybridized carbons (Fsp3) is 0.467. The van der Waals surface area contributed by atoms with E-state index in [1.807, 2.05) is 6.92 Å². The third-order valence-electron chi connectivity index (χ3n) is 3.77. The molecule has 1 aliphatic rings. The molecular formula is C15H19N3O. The van der Waals surface area contributed by atoms with Gasteiger partial charge in [-0.2, -0.15) is 0 Å². The largest absolute Gasteiger partial charge is 0.486 e. The first kappa shape index (κ1) is 12.2. The maximum Gasteiger partial charge on any atom is 0.171 e. The van der Waals surface area contributed by atoms with Crippen LogP contribution in [0.3, 0.4) is 0 Å². The molecule has 4 nitrogen and oxygen atoms in total. The zero-order valence-electron chi connectivity index (χ0n) is 11.5. The van der Waals surface area contributed by atoms with Gasteiger partial charge in [0.25, 0.3) is 0 Å². The van der Waals surface area contributed by atoms with Gasteiger partial charge in [0, 0.05) is 6.54 Å². The van der Waals surface area contributed by atoms with Crippen molar-refractivity contribution in [3.63, 3.8) is 0 Å². The zero-order valence-corrected chi connectivity index (χ0v) is 11.5. The molecule has 100 valence electrons. The molecule has 3 rings (SSSR count). The zero-order chi connectivity index (χ0) is 13.2.